The zero-order valence-corrected chi connectivity index (χ0v) is 14.7. The molecule has 1 amide bonds. The monoisotopic (exact) mass is 350 g/mol. The maximum atomic E-state index is 12.5. The number of morpholine rings is 1. The van der Waals surface area contributed by atoms with Crippen LogP contribution in [0.25, 0.3) is 6.08 Å². The molecule has 4 rings (SSSR count). The van der Waals surface area contributed by atoms with Crippen molar-refractivity contribution >= 4 is 17.9 Å². The van der Waals surface area contributed by atoms with Gasteiger partial charge < -0.3 is 14.5 Å². The first-order valence-electron chi connectivity index (χ1n) is 8.99. The van der Waals surface area contributed by atoms with Gasteiger partial charge in [-0.25, -0.2) is 9.97 Å². The molecule has 6 heteroatoms. The van der Waals surface area contributed by atoms with E-state index in [2.05, 4.69) is 9.88 Å². The molecule has 0 unspecified atom stereocenters. The molecule has 1 aromatic carbocycles. The van der Waals surface area contributed by atoms with Gasteiger partial charge in [-0.15, -0.1) is 0 Å². The summed E-state index contributed by atoms with van der Waals surface area (Å²) in [7, 11) is 0. The first-order valence-corrected chi connectivity index (χ1v) is 8.99. The van der Waals surface area contributed by atoms with Gasteiger partial charge in [-0.05, 0) is 23.6 Å². The number of carbonyl (C=O) groups is 1. The van der Waals surface area contributed by atoms with Crippen molar-refractivity contribution in [2.45, 2.75) is 13.0 Å². The predicted octanol–water partition coefficient (Wildman–Crippen LogP) is 1.91. The second-order valence-electron chi connectivity index (χ2n) is 6.50. The molecule has 0 N–H and O–H groups in total. The van der Waals surface area contributed by atoms with E-state index in [0.29, 0.717) is 26.3 Å². The third kappa shape index (κ3) is 3.75. The van der Waals surface area contributed by atoms with E-state index in [9.17, 15) is 4.79 Å². The molecule has 134 valence electrons. The SMILES string of the molecule is O=C(C=Cc1ccccc1)N1CCc2cnc(N3CCOCC3)nc2C1. The normalized spacial score (nSPS) is 17.4. The number of aromatic nitrogens is 2. The number of hydrogen-bond donors (Lipinski definition) is 0. The number of ether oxygens (including phenoxy) is 1. The second kappa shape index (κ2) is 7.66. The highest BCUT2D eigenvalue weighted by atomic mass is 16.5. The van der Waals surface area contributed by atoms with Gasteiger partial charge in [-0.1, -0.05) is 30.3 Å². The molecule has 2 aliphatic rings. The lowest BCUT2D eigenvalue weighted by Gasteiger charge is -2.30. The lowest BCUT2D eigenvalue weighted by molar-refractivity contribution is -0.126. The summed E-state index contributed by atoms with van der Waals surface area (Å²) < 4.78 is 5.39. The Balaban J connectivity index is 1.46. The summed E-state index contributed by atoms with van der Waals surface area (Å²) in [6.45, 7) is 4.26. The van der Waals surface area contributed by atoms with Crippen LogP contribution in [0, 0.1) is 0 Å². The van der Waals surface area contributed by atoms with Gasteiger partial charge in [-0.2, -0.15) is 0 Å². The summed E-state index contributed by atoms with van der Waals surface area (Å²) in [6.07, 6.45) is 6.21. The van der Waals surface area contributed by atoms with Crippen LogP contribution in [0.15, 0.2) is 42.6 Å². The summed E-state index contributed by atoms with van der Waals surface area (Å²) in [4.78, 5) is 25.8. The molecule has 3 heterocycles. The fraction of sp³-hybridized carbons (Fsp3) is 0.350. The van der Waals surface area contributed by atoms with Gasteiger partial charge in [0.1, 0.15) is 0 Å². The van der Waals surface area contributed by atoms with Crippen LogP contribution in [0.3, 0.4) is 0 Å². The van der Waals surface area contributed by atoms with E-state index in [1.807, 2.05) is 47.5 Å². The molecule has 0 bridgehead atoms. The minimum absolute atomic E-state index is 0.0195. The Morgan fingerprint density at radius 3 is 2.73 bits per heavy atom. The van der Waals surface area contributed by atoms with Gasteiger partial charge in [-0.3, -0.25) is 4.79 Å². The summed E-state index contributed by atoms with van der Waals surface area (Å²) >= 11 is 0. The molecule has 0 radical (unpaired) electrons. The molecule has 1 fully saturated rings. The zero-order chi connectivity index (χ0) is 17.8. The summed E-state index contributed by atoms with van der Waals surface area (Å²) in [5.41, 5.74) is 3.11. The van der Waals surface area contributed by atoms with Crippen LogP contribution >= 0.6 is 0 Å². The number of nitrogens with zero attached hydrogens (tertiary/aromatic N) is 4. The van der Waals surface area contributed by atoms with E-state index in [1.54, 1.807) is 6.08 Å². The molecule has 0 spiro atoms. The topological polar surface area (TPSA) is 58.6 Å². The standard InChI is InChI=1S/C20H22N4O2/c25-19(7-6-16-4-2-1-3-5-16)24-9-8-17-14-21-20(22-18(17)15-24)23-10-12-26-13-11-23/h1-7,14H,8-13,15H2. The van der Waals surface area contributed by atoms with Crippen LogP contribution in [0.4, 0.5) is 5.95 Å². The maximum absolute atomic E-state index is 12.5. The number of rotatable bonds is 3. The fourth-order valence-electron chi connectivity index (χ4n) is 3.23. The highest BCUT2D eigenvalue weighted by molar-refractivity contribution is 5.91. The first-order chi connectivity index (χ1) is 12.8. The van der Waals surface area contributed by atoms with Crippen LogP contribution in [-0.4, -0.2) is 53.6 Å². The van der Waals surface area contributed by atoms with Crippen molar-refractivity contribution in [3.63, 3.8) is 0 Å². The van der Waals surface area contributed by atoms with Crippen LogP contribution in [0.1, 0.15) is 16.8 Å². The minimum Gasteiger partial charge on any atom is -0.378 e. The molecular formula is C20H22N4O2. The molecule has 26 heavy (non-hydrogen) atoms. The van der Waals surface area contributed by atoms with Crippen molar-refractivity contribution in [3.05, 3.63) is 59.4 Å². The lowest BCUT2D eigenvalue weighted by atomic mass is 10.1. The van der Waals surface area contributed by atoms with Gasteiger partial charge in [0.05, 0.1) is 25.5 Å². The number of hydrogen-bond acceptors (Lipinski definition) is 5. The smallest absolute Gasteiger partial charge is 0.246 e. The molecule has 0 saturated carbocycles. The summed E-state index contributed by atoms with van der Waals surface area (Å²) in [5.74, 6) is 0.757. The Bertz CT molecular complexity index is 801. The summed E-state index contributed by atoms with van der Waals surface area (Å²) in [6, 6.07) is 9.86. The molecule has 6 nitrogen and oxygen atoms in total. The average molecular weight is 350 g/mol. The zero-order valence-electron chi connectivity index (χ0n) is 14.7. The molecule has 0 atom stereocenters. The van der Waals surface area contributed by atoms with Crippen molar-refractivity contribution in [2.24, 2.45) is 0 Å². The highest BCUT2D eigenvalue weighted by Gasteiger charge is 2.22. The van der Waals surface area contributed by atoms with Crippen molar-refractivity contribution in [1.29, 1.82) is 0 Å². The Morgan fingerprint density at radius 2 is 1.92 bits per heavy atom. The lowest BCUT2D eigenvalue weighted by Crippen LogP contribution is -2.39. The summed E-state index contributed by atoms with van der Waals surface area (Å²) in [5, 5.41) is 0. The van der Waals surface area contributed by atoms with Crippen molar-refractivity contribution in [1.82, 2.24) is 14.9 Å². The van der Waals surface area contributed by atoms with Crippen molar-refractivity contribution in [2.75, 3.05) is 37.7 Å². The Kier molecular flexibility index (Phi) is 4.93. The molecule has 1 saturated heterocycles. The van der Waals surface area contributed by atoms with Gasteiger partial charge >= 0.3 is 0 Å². The molecule has 2 aliphatic heterocycles. The van der Waals surface area contributed by atoms with Gasteiger partial charge in [0.2, 0.25) is 11.9 Å². The third-order valence-corrected chi connectivity index (χ3v) is 4.76. The van der Waals surface area contributed by atoms with Crippen LogP contribution in [0.2, 0.25) is 0 Å². The Labute approximate surface area is 153 Å². The third-order valence-electron chi connectivity index (χ3n) is 4.76. The number of benzene rings is 1. The van der Waals surface area contributed by atoms with Gasteiger partial charge in [0, 0.05) is 31.9 Å². The quantitative estimate of drug-likeness (QED) is 0.792. The number of anilines is 1. The van der Waals surface area contributed by atoms with Crippen LogP contribution in [-0.2, 0) is 22.5 Å². The van der Waals surface area contributed by atoms with Crippen molar-refractivity contribution < 1.29 is 9.53 Å². The van der Waals surface area contributed by atoms with E-state index in [4.69, 9.17) is 9.72 Å². The molecule has 1 aromatic heterocycles. The van der Waals surface area contributed by atoms with Crippen molar-refractivity contribution in [3.8, 4) is 0 Å². The average Bonchev–Trinajstić information content (AvgIpc) is 2.72. The second-order valence-corrected chi connectivity index (χ2v) is 6.50. The fourth-order valence-corrected chi connectivity index (χ4v) is 3.23. The molecule has 0 aliphatic carbocycles. The minimum atomic E-state index is 0.0195. The van der Waals surface area contributed by atoms with Gasteiger partial charge in [0.15, 0.2) is 0 Å². The Hall–Kier alpha value is -2.73. The first kappa shape index (κ1) is 16.7. The Morgan fingerprint density at radius 1 is 1.12 bits per heavy atom. The maximum Gasteiger partial charge on any atom is 0.246 e. The van der Waals surface area contributed by atoms with Crippen LogP contribution < -0.4 is 4.90 Å². The van der Waals surface area contributed by atoms with E-state index < -0.39 is 0 Å². The predicted molar refractivity (Wildman–Crippen MR) is 99.7 cm³/mol. The highest BCUT2D eigenvalue weighted by Crippen LogP contribution is 2.20. The van der Waals surface area contributed by atoms with E-state index >= 15 is 0 Å². The van der Waals surface area contributed by atoms with E-state index in [-0.39, 0.29) is 5.91 Å². The molecular weight excluding hydrogens is 328 g/mol. The van der Waals surface area contributed by atoms with E-state index in [0.717, 1.165) is 42.3 Å². The number of amides is 1. The largest absolute Gasteiger partial charge is 0.378 e. The van der Waals surface area contributed by atoms with Crippen LogP contribution in [0.5, 0.6) is 0 Å². The number of fused-ring (bicyclic) bond motifs is 1. The molecule has 2 aromatic rings. The van der Waals surface area contributed by atoms with E-state index in [1.165, 1.54) is 0 Å². The van der Waals surface area contributed by atoms with Gasteiger partial charge in [0.25, 0.3) is 0 Å². The number of carbonyl (C=O) groups excluding carboxylic acids is 1.